The minimum absolute atomic E-state index is 0.0431. The second kappa shape index (κ2) is 22.0. The fourth-order valence-corrected chi connectivity index (χ4v) is 14.5. The molecule has 4 fully saturated rings. The number of aliphatic hydroxyl groups excluding tert-OH is 1. The lowest BCUT2D eigenvalue weighted by Gasteiger charge is -2.46. The van der Waals surface area contributed by atoms with Gasteiger partial charge in [0.05, 0.1) is 68.4 Å². The van der Waals surface area contributed by atoms with Crippen molar-refractivity contribution in [1.82, 2.24) is 34.8 Å². The van der Waals surface area contributed by atoms with Gasteiger partial charge in [-0.3, -0.25) is 19.8 Å². The van der Waals surface area contributed by atoms with Crippen LogP contribution in [0.25, 0.3) is 5.00 Å². The molecule has 1 amide bonds. The Bertz CT molecular complexity index is 2300. The maximum Gasteiger partial charge on any atom is 0.222 e. The van der Waals surface area contributed by atoms with Crippen LogP contribution in [0.2, 0.25) is 5.02 Å². The van der Waals surface area contributed by atoms with Crippen molar-refractivity contribution in [2.24, 2.45) is 22.7 Å². The van der Waals surface area contributed by atoms with E-state index < -0.39 is 21.3 Å². The van der Waals surface area contributed by atoms with Crippen LogP contribution < -0.4 is 10.7 Å². The molecule has 16 nitrogen and oxygen atoms in total. The number of methoxy groups -OCH3 is 1. The lowest BCUT2D eigenvalue weighted by atomic mass is 9.72. The number of aliphatic hydroxyl groups is 1. The van der Waals surface area contributed by atoms with Crippen LogP contribution in [0.4, 0.5) is 0 Å². The van der Waals surface area contributed by atoms with Gasteiger partial charge in [-0.2, -0.15) is 0 Å². The van der Waals surface area contributed by atoms with Crippen LogP contribution in [0.3, 0.4) is 0 Å². The number of ether oxygens (including phenoxy) is 4. The topological polar surface area (TPSA) is 182 Å². The van der Waals surface area contributed by atoms with Crippen molar-refractivity contribution in [1.29, 1.82) is 0 Å². The van der Waals surface area contributed by atoms with Gasteiger partial charge in [-0.05, 0) is 101 Å². The number of amides is 1. The molecule has 362 valence electrons. The first kappa shape index (κ1) is 49.1. The highest BCUT2D eigenvalue weighted by molar-refractivity contribution is 7.89. The monoisotopic (exact) mass is 970 g/mol. The molecule has 0 radical (unpaired) electrons. The number of hydrogen-bond donors (Lipinski definition) is 3. The number of rotatable bonds is 19. The predicted octanol–water partition coefficient (Wildman–Crippen LogP) is 6.01. The molecule has 66 heavy (non-hydrogen) atoms. The lowest BCUT2D eigenvalue weighted by molar-refractivity contribution is -0.121. The summed E-state index contributed by atoms with van der Waals surface area (Å²) in [7, 11) is -1.88. The van der Waals surface area contributed by atoms with Crippen molar-refractivity contribution in [2.45, 2.75) is 108 Å². The molecule has 3 saturated heterocycles. The molecule has 6 unspecified atom stereocenters. The second-order valence-corrected chi connectivity index (χ2v) is 22.3. The molecule has 19 heteroatoms. The number of allylic oxidation sites excluding steroid dienone is 1. The number of sulfonamides is 1. The fraction of sp³-hybridized carbons (Fsp3) is 0.660. The van der Waals surface area contributed by atoms with Crippen molar-refractivity contribution >= 4 is 44.6 Å². The average Bonchev–Trinajstić information content (AvgIpc) is 3.96. The standard InChI is InChI=1S/C47H67ClN8O8S2/c1-29(57)24-35-28-50-55-18-12-34(25-41(35)55)39-11-10-38(26-42(39)66(59,60)54-16-13-37(61-5)14-17-54)64-23-22-63-21-20-62-19-15-49-43(58)27-40-46-53-52-32(4)56(46)47-44(30(2)31(3)65-47)45(51-40)33-6-8-36(48)9-7-33/h6-9,34-35,37-42,50,57H,1,10-28H2,2-5H3,(H,49,58)/t34?,35?,38?,39?,40-,41?,42?/m1/s1. The van der Waals surface area contributed by atoms with E-state index in [0.717, 1.165) is 72.0 Å². The van der Waals surface area contributed by atoms with Gasteiger partial charge in [0.1, 0.15) is 16.9 Å². The number of carbonyl (C=O) groups is 1. The van der Waals surface area contributed by atoms with Crippen LogP contribution in [0.15, 0.2) is 41.6 Å². The number of benzene rings is 1. The van der Waals surface area contributed by atoms with Gasteiger partial charge in [-0.1, -0.05) is 30.3 Å². The zero-order valence-electron chi connectivity index (χ0n) is 38.8. The Labute approximate surface area is 398 Å². The van der Waals surface area contributed by atoms with Crippen molar-refractivity contribution in [3.05, 3.63) is 74.8 Å². The van der Waals surface area contributed by atoms with Crippen LogP contribution in [0.5, 0.6) is 0 Å². The number of aromatic nitrogens is 3. The molecule has 1 saturated carbocycles. The molecule has 0 bridgehead atoms. The van der Waals surface area contributed by atoms with E-state index in [1.165, 1.54) is 4.88 Å². The van der Waals surface area contributed by atoms with Gasteiger partial charge in [0.2, 0.25) is 15.9 Å². The highest BCUT2D eigenvalue weighted by Crippen LogP contribution is 2.45. The number of piperidine rings is 2. The van der Waals surface area contributed by atoms with Crippen LogP contribution >= 0.6 is 22.9 Å². The van der Waals surface area contributed by atoms with Gasteiger partial charge in [-0.25, -0.2) is 17.7 Å². The smallest absolute Gasteiger partial charge is 0.222 e. The number of thiophene rings is 1. The Kier molecular flexibility index (Phi) is 16.4. The molecule has 4 aliphatic heterocycles. The van der Waals surface area contributed by atoms with Gasteiger partial charge in [0.25, 0.3) is 0 Å². The summed E-state index contributed by atoms with van der Waals surface area (Å²) in [6.45, 7) is 14.6. The third kappa shape index (κ3) is 11.1. The third-order valence-corrected chi connectivity index (χ3v) is 18.3. The largest absolute Gasteiger partial charge is 0.513 e. The average molecular weight is 972 g/mol. The molecule has 1 aliphatic carbocycles. The Hall–Kier alpha value is -3.30. The molecule has 8 rings (SSSR count). The normalized spacial score (nSPS) is 26.3. The quantitative estimate of drug-likeness (QED) is 0.0942. The van der Waals surface area contributed by atoms with Crippen LogP contribution in [-0.2, 0) is 33.8 Å². The van der Waals surface area contributed by atoms with E-state index >= 15 is 0 Å². The highest BCUT2D eigenvalue weighted by atomic mass is 35.5. The maximum absolute atomic E-state index is 14.5. The summed E-state index contributed by atoms with van der Waals surface area (Å²) in [5.74, 6) is 1.97. The molecule has 2 aromatic heterocycles. The second-order valence-electron chi connectivity index (χ2n) is 18.5. The number of carbonyl (C=O) groups excluding carboxylic acids is 1. The molecule has 0 spiro atoms. The summed E-state index contributed by atoms with van der Waals surface area (Å²) in [5, 5.41) is 25.3. The number of nitrogens with one attached hydrogen (secondary N) is 2. The summed E-state index contributed by atoms with van der Waals surface area (Å²) in [4.78, 5) is 19.7. The number of hydrazine groups is 1. The van der Waals surface area contributed by atoms with Gasteiger partial charge in [0.15, 0.2) is 5.82 Å². The van der Waals surface area contributed by atoms with E-state index in [1.54, 1.807) is 22.8 Å². The van der Waals surface area contributed by atoms with Crippen molar-refractivity contribution < 1.29 is 37.3 Å². The van der Waals surface area contributed by atoms with E-state index in [-0.39, 0.29) is 54.1 Å². The SMILES string of the molecule is C=C(O)CC1CNN2CCC(C3CCC(OCCOCCOCCNC(=O)C[C@H]4N=C(c5ccc(Cl)cc5)c5c(sc(C)c5C)-n5c(C)nnc54)CC3S(=O)(=O)N3CCC(OC)CC3)CC12. The van der Waals surface area contributed by atoms with Crippen molar-refractivity contribution in [2.75, 3.05) is 72.9 Å². The Morgan fingerprint density at radius 3 is 2.44 bits per heavy atom. The molecule has 7 atom stereocenters. The van der Waals surface area contributed by atoms with Gasteiger partial charge < -0.3 is 29.4 Å². The zero-order chi connectivity index (χ0) is 46.5. The predicted molar refractivity (Wildman–Crippen MR) is 255 cm³/mol. The molecule has 1 aromatic carbocycles. The van der Waals surface area contributed by atoms with E-state index in [9.17, 15) is 18.3 Å². The molecule has 5 aliphatic rings. The van der Waals surface area contributed by atoms with Gasteiger partial charge in [-0.15, -0.1) is 21.5 Å². The summed E-state index contributed by atoms with van der Waals surface area (Å²) in [6.07, 6.45) is 5.89. The number of halogens is 1. The first-order valence-electron chi connectivity index (χ1n) is 23.6. The van der Waals surface area contributed by atoms with Crippen LogP contribution in [-0.4, -0.2) is 146 Å². The zero-order valence-corrected chi connectivity index (χ0v) is 41.1. The number of nitrogens with zero attached hydrogens (tertiary/aromatic N) is 6. The third-order valence-electron chi connectivity index (χ3n) is 14.4. The van der Waals surface area contributed by atoms with Crippen LogP contribution in [0, 0.1) is 38.5 Å². The van der Waals surface area contributed by atoms with Crippen molar-refractivity contribution in [3.8, 4) is 5.00 Å². The van der Waals surface area contributed by atoms with Crippen LogP contribution in [0.1, 0.15) is 97.0 Å². The summed E-state index contributed by atoms with van der Waals surface area (Å²) in [6, 6.07) is 7.31. The number of fused-ring (bicyclic) bond motifs is 4. The molecule has 3 N–H and O–H groups in total. The van der Waals surface area contributed by atoms with Gasteiger partial charge >= 0.3 is 0 Å². The first-order chi connectivity index (χ1) is 31.8. The molecule has 3 aromatic rings. The first-order valence-corrected chi connectivity index (χ1v) is 26.3. The maximum atomic E-state index is 14.5. The Morgan fingerprint density at radius 1 is 0.955 bits per heavy atom. The summed E-state index contributed by atoms with van der Waals surface area (Å²) in [5.41, 5.74) is 7.37. The summed E-state index contributed by atoms with van der Waals surface area (Å²) < 4.78 is 56.2. The van der Waals surface area contributed by atoms with Gasteiger partial charge in [0, 0.05) is 73.3 Å². The number of aryl methyl sites for hydroxylation is 2. The van der Waals surface area contributed by atoms with E-state index in [0.29, 0.717) is 89.2 Å². The minimum Gasteiger partial charge on any atom is -0.513 e. The van der Waals surface area contributed by atoms with E-state index in [4.69, 9.17) is 35.5 Å². The molecular formula is C47H67ClN8O8S2. The highest BCUT2D eigenvalue weighted by Gasteiger charge is 2.49. The minimum atomic E-state index is -3.58. The number of hydrogen-bond acceptors (Lipinski definition) is 14. The summed E-state index contributed by atoms with van der Waals surface area (Å²) >= 11 is 7.92. The number of aliphatic imine (C=N–C) groups is 1. The fourth-order valence-electron chi connectivity index (χ4n) is 10.8. The molecular weight excluding hydrogens is 904 g/mol. The molecule has 6 heterocycles. The van der Waals surface area contributed by atoms with E-state index in [1.807, 2.05) is 35.8 Å². The lowest BCUT2D eigenvalue weighted by Crippen LogP contribution is -2.53. The Balaban J connectivity index is 0.783. The Morgan fingerprint density at radius 2 is 1.70 bits per heavy atom. The van der Waals surface area contributed by atoms with Crippen molar-refractivity contribution in [3.63, 3.8) is 0 Å². The van der Waals surface area contributed by atoms with E-state index in [2.05, 4.69) is 46.4 Å².